The van der Waals surface area contributed by atoms with E-state index in [1.54, 1.807) is 0 Å². The molecule has 6 nitrogen and oxygen atoms in total. The Morgan fingerprint density at radius 2 is 0.574 bits per heavy atom. The molecule has 0 amide bonds. The third-order valence-corrected chi connectivity index (χ3v) is 12.4. The van der Waals surface area contributed by atoms with Crippen LogP contribution >= 0.6 is 0 Å². The van der Waals surface area contributed by atoms with Gasteiger partial charge in [0.2, 0.25) is 0 Å². The van der Waals surface area contributed by atoms with Crippen molar-refractivity contribution in [2.24, 2.45) is 0 Å². The maximum absolute atomic E-state index is 12.9. The lowest BCUT2D eigenvalue weighted by Crippen LogP contribution is -2.30. The van der Waals surface area contributed by atoms with E-state index in [9.17, 15) is 14.4 Å². The molecule has 0 saturated heterocycles. The minimum atomic E-state index is -0.789. The molecule has 0 radical (unpaired) electrons. The lowest BCUT2D eigenvalue weighted by atomic mass is 10.0. The standard InChI is InChI=1S/C62H108O6/c1-4-7-10-13-16-19-22-25-28-30-31-32-35-37-40-43-46-49-52-55-61(64)67-58-59(57-66-60(63)54-51-48-45-42-39-36-33-27-24-21-18-15-12-9-6-3)68-62(65)56-53-50-47-44-41-38-34-29-26-23-20-17-14-11-8-5-2/h7,10,16,19,21,24-25,28,31-32,37,40,59H,4-6,8-9,11-15,17-18,20,22-23,26-27,29-30,33-36,38-39,41-58H2,1-3H3/b10-7+,19-16+,24-21+,28-25+,32-31+,40-37+/t59-/m1/s1. The van der Waals surface area contributed by atoms with Crippen LogP contribution in [0.4, 0.5) is 0 Å². The van der Waals surface area contributed by atoms with Gasteiger partial charge < -0.3 is 14.2 Å². The summed E-state index contributed by atoms with van der Waals surface area (Å²) in [6.45, 7) is 6.51. The van der Waals surface area contributed by atoms with Crippen molar-refractivity contribution in [2.75, 3.05) is 13.2 Å². The van der Waals surface area contributed by atoms with Crippen LogP contribution < -0.4 is 0 Å². The monoisotopic (exact) mass is 949 g/mol. The molecule has 0 aromatic rings. The van der Waals surface area contributed by atoms with Crippen molar-refractivity contribution in [1.82, 2.24) is 0 Å². The number of rotatable bonds is 52. The molecular formula is C62H108O6. The van der Waals surface area contributed by atoms with Gasteiger partial charge in [-0.2, -0.15) is 0 Å². The highest BCUT2D eigenvalue weighted by molar-refractivity contribution is 5.71. The Labute approximate surface area is 421 Å². The van der Waals surface area contributed by atoms with Gasteiger partial charge in [0, 0.05) is 19.3 Å². The summed E-state index contributed by atoms with van der Waals surface area (Å²) in [4.78, 5) is 38.2. The SMILES string of the molecule is CC/C=C/C/C=C/C/C=C/C/C=C/C/C=C/CCCCCC(=O)OC[C@@H](COC(=O)CCCCCCCCC/C=C/CCCCCC)OC(=O)CCCCCCCCCCCCCCCCCC. The molecule has 0 heterocycles. The number of unbranched alkanes of at least 4 members (excludes halogenated alkanes) is 29. The largest absolute Gasteiger partial charge is 0.462 e. The second-order valence-electron chi connectivity index (χ2n) is 19.2. The third-order valence-electron chi connectivity index (χ3n) is 12.4. The summed E-state index contributed by atoms with van der Waals surface area (Å²) in [6, 6.07) is 0. The van der Waals surface area contributed by atoms with Crippen molar-refractivity contribution >= 4 is 17.9 Å². The zero-order chi connectivity index (χ0) is 49.3. The van der Waals surface area contributed by atoms with Crippen molar-refractivity contribution in [3.8, 4) is 0 Å². The van der Waals surface area contributed by atoms with Crippen LogP contribution in [0.3, 0.4) is 0 Å². The Kier molecular flexibility index (Phi) is 53.8. The van der Waals surface area contributed by atoms with E-state index in [2.05, 4.69) is 93.7 Å². The van der Waals surface area contributed by atoms with Crippen LogP contribution in [0.25, 0.3) is 0 Å². The first-order valence-corrected chi connectivity index (χ1v) is 28.9. The van der Waals surface area contributed by atoms with E-state index in [0.717, 1.165) is 96.3 Å². The molecule has 6 heteroatoms. The van der Waals surface area contributed by atoms with E-state index in [-0.39, 0.29) is 31.1 Å². The fourth-order valence-corrected chi connectivity index (χ4v) is 8.11. The number of ether oxygens (including phenoxy) is 3. The van der Waals surface area contributed by atoms with Crippen LogP contribution in [0.15, 0.2) is 72.9 Å². The Morgan fingerprint density at radius 3 is 0.941 bits per heavy atom. The first kappa shape index (κ1) is 64.8. The number of carbonyl (C=O) groups excluding carboxylic acids is 3. The summed E-state index contributed by atoms with van der Waals surface area (Å²) in [5, 5.41) is 0. The molecule has 0 aliphatic carbocycles. The zero-order valence-electron chi connectivity index (χ0n) is 44.9. The van der Waals surface area contributed by atoms with Crippen LogP contribution in [0.2, 0.25) is 0 Å². The van der Waals surface area contributed by atoms with Crippen LogP contribution in [-0.2, 0) is 28.6 Å². The van der Waals surface area contributed by atoms with Gasteiger partial charge >= 0.3 is 17.9 Å². The molecule has 0 aromatic carbocycles. The maximum Gasteiger partial charge on any atom is 0.306 e. The average molecular weight is 950 g/mol. The molecule has 0 aliphatic rings. The highest BCUT2D eigenvalue weighted by Gasteiger charge is 2.19. The van der Waals surface area contributed by atoms with Gasteiger partial charge in [-0.3, -0.25) is 14.4 Å². The fourth-order valence-electron chi connectivity index (χ4n) is 8.11. The summed E-state index contributed by atoms with van der Waals surface area (Å²) in [6.07, 6.45) is 71.7. The van der Waals surface area contributed by atoms with Crippen molar-refractivity contribution < 1.29 is 28.6 Å². The molecule has 1 atom stereocenters. The van der Waals surface area contributed by atoms with Gasteiger partial charge in [-0.1, -0.05) is 248 Å². The Morgan fingerprint density at radius 1 is 0.309 bits per heavy atom. The molecule has 0 spiro atoms. The molecule has 0 rings (SSSR count). The van der Waals surface area contributed by atoms with Crippen LogP contribution in [-0.4, -0.2) is 37.2 Å². The predicted octanol–water partition coefficient (Wildman–Crippen LogP) is 19.4. The van der Waals surface area contributed by atoms with E-state index in [1.807, 2.05) is 0 Å². The molecule has 0 unspecified atom stereocenters. The van der Waals surface area contributed by atoms with Gasteiger partial charge in [-0.15, -0.1) is 0 Å². The third kappa shape index (κ3) is 53.8. The van der Waals surface area contributed by atoms with Crippen LogP contribution in [0.1, 0.15) is 284 Å². The van der Waals surface area contributed by atoms with E-state index >= 15 is 0 Å². The average Bonchev–Trinajstić information content (AvgIpc) is 3.34. The number of hydrogen-bond acceptors (Lipinski definition) is 6. The van der Waals surface area contributed by atoms with Gasteiger partial charge in [0.25, 0.3) is 0 Å². The molecule has 0 fully saturated rings. The molecular weight excluding hydrogens is 841 g/mol. The normalized spacial score (nSPS) is 12.6. The van der Waals surface area contributed by atoms with Crippen molar-refractivity contribution in [1.29, 1.82) is 0 Å². The number of carbonyl (C=O) groups is 3. The molecule has 0 bridgehead atoms. The van der Waals surface area contributed by atoms with Crippen LogP contribution in [0, 0.1) is 0 Å². The Balaban J connectivity index is 4.43. The minimum absolute atomic E-state index is 0.0861. The highest BCUT2D eigenvalue weighted by Crippen LogP contribution is 2.16. The number of hydrogen-bond donors (Lipinski definition) is 0. The molecule has 392 valence electrons. The lowest BCUT2D eigenvalue weighted by Gasteiger charge is -2.18. The second kappa shape index (κ2) is 56.4. The molecule has 0 aliphatic heterocycles. The van der Waals surface area contributed by atoms with E-state index in [1.165, 1.54) is 148 Å². The van der Waals surface area contributed by atoms with Gasteiger partial charge in [0.05, 0.1) is 0 Å². The van der Waals surface area contributed by atoms with E-state index < -0.39 is 6.10 Å². The van der Waals surface area contributed by atoms with Gasteiger partial charge in [-0.25, -0.2) is 0 Å². The van der Waals surface area contributed by atoms with E-state index in [4.69, 9.17) is 14.2 Å². The molecule has 0 saturated carbocycles. The zero-order valence-corrected chi connectivity index (χ0v) is 44.9. The Bertz CT molecular complexity index is 1270. The van der Waals surface area contributed by atoms with Gasteiger partial charge in [0.15, 0.2) is 6.10 Å². The molecule has 0 N–H and O–H groups in total. The minimum Gasteiger partial charge on any atom is -0.462 e. The van der Waals surface area contributed by atoms with Gasteiger partial charge in [-0.05, 0) is 89.9 Å². The quantitative estimate of drug-likeness (QED) is 0.0262. The highest BCUT2D eigenvalue weighted by atomic mass is 16.6. The summed E-state index contributed by atoms with van der Waals surface area (Å²) >= 11 is 0. The topological polar surface area (TPSA) is 78.9 Å². The summed E-state index contributed by atoms with van der Waals surface area (Å²) in [7, 11) is 0. The van der Waals surface area contributed by atoms with Gasteiger partial charge in [0.1, 0.15) is 13.2 Å². The predicted molar refractivity (Wildman–Crippen MR) is 293 cm³/mol. The van der Waals surface area contributed by atoms with Crippen molar-refractivity contribution in [2.45, 2.75) is 290 Å². The number of allylic oxidation sites excluding steroid dienone is 12. The lowest BCUT2D eigenvalue weighted by molar-refractivity contribution is -0.167. The summed E-state index contributed by atoms with van der Waals surface area (Å²) in [5.41, 5.74) is 0. The smallest absolute Gasteiger partial charge is 0.306 e. The first-order chi connectivity index (χ1) is 33.5. The Hall–Kier alpha value is -3.15. The fraction of sp³-hybridized carbons (Fsp3) is 0.758. The molecule has 68 heavy (non-hydrogen) atoms. The van der Waals surface area contributed by atoms with Crippen molar-refractivity contribution in [3.05, 3.63) is 72.9 Å². The van der Waals surface area contributed by atoms with Crippen molar-refractivity contribution in [3.63, 3.8) is 0 Å². The second-order valence-corrected chi connectivity index (χ2v) is 19.2. The maximum atomic E-state index is 12.9. The van der Waals surface area contributed by atoms with E-state index in [0.29, 0.717) is 19.3 Å². The summed E-state index contributed by atoms with van der Waals surface area (Å²) in [5.74, 6) is -0.913. The first-order valence-electron chi connectivity index (χ1n) is 28.9. The molecule has 0 aromatic heterocycles. The van der Waals surface area contributed by atoms with Crippen LogP contribution in [0.5, 0.6) is 0 Å². The number of esters is 3. The summed E-state index contributed by atoms with van der Waals surface area (Å²) < 4.78 is 16.9.